The number of nitrogens with one attached hydrogen (secondary N) is 1. The molecule has 1 fully saturated rings. The average Bonchev–Trinajstić information content (AvgIpc) is 2.33. The quantitative estimate of drug-likeness (QED) is 0.614. The summed E-state index contributed by atoms with van der Waals surface area (Å²) in [6.45, 7) is 5.05. The van der Waals surface area contributed by atoms with Gasteiger partial charge in [-0.2, -0.15) is 0 Å². The lowest BCUT2D eigenvalue weighted by atomic mass is 9.79. The van der Waals surface area contributed by atoms with Gasteiger partial charge in [0, 0.05) is 24.4 Å². The summed E-state index contributed by atoms with van der Waals surface area (Å²) in [5, 5.41) is 7.62. The van der Waals surface area contributed by atoms with Crippen LogP contribution in [-0.2, 0) is 6.54 Å². The van der Waals surface area contributed by atoms with E-state index in [4.69, 9.17) is 11.1 Å². The van der Waals surface area contributed by atoms with Crippen molar-refractivity contribution in [1.29, 1.82) is 5.41 Å². The van der Waals surface area contributed by atoms with Gasteiger partial charge in [-0.25, -0.2) is 0 Å². The lowest BCUT2D eigenvalue weighted by molar-refractivity contribution is 0.156. The molecule has 0 aliphatic carbocycles. The molecule has 0 aromatic carbocycles. The third-order valence-corrected chi connectivity index (χ3v) is 3.74. The summed E-state index contributed by atoms with van der Waals surface area (Å²) in [6.07, 6.45) is 5.66. The van der Waals surface area contributed by atoms with Crippen LogP contribution in [0.2, 0.25) is 0 Å². The van der Waals surface area contributed by atoms with E-state index in [0.717, 1.165) is 32.5 Å². The maximum absolute atomic E-state index is 7.62. The highest BCUT2D eigenvalue weighted by molar-refractivity contribution is 5.83. The van der Waals surface area contributed by atoms with Crippen molar-refractivity contribution in [3.63, 3.8) is 0 Å². The van der Waals surface area contributed by atoms with Crippen molar-refractivity contribution >= 4 is 5.84 Å². The van der Waals surface area contributed by atoms with Crippen LogP contribution in [0.4, 0.5) is 0 Å². The van der Waals surface area contributed by atoms with Gasteiger partial charge in [-0.3, -0.25) is 15.3 Å². The number of rotatable bonds is 3. The van der Waals surface area contributed by atoms with Crippen molar-refractivity contribution in [2.75, 3.05) is 13.1 Å². The Kier molecular flexibility index (Phi) is 3.43. The molecule has 0 unspecified atom stereocenters. The lowest BCUT2D eigenvalue weighted by Crippen LogP contribution is -2.44. The fourth-order valence-electron chi connectivity index (χ4n) is 2.22. The Morgan fingerprint density at radius 3 is 2.76 bits per heavy atom. The molecule has 1 aliphatic rings. The summed E-state index contributed by atoms with van der Waals surface area (Å²) in [4.78, 5) is 6.53. The molecule has 1 aromatic rings. The van der Waals surface area contributed by atoms with E-state index in [1.165, 1.54) is 5.56 Å². The Morgan fingerprint density at radius 2 is 2.24 bits per heavy atom. The van der Waals surface area contributed by atoms with Crippen molar-refractivity contribution in [1.82, 2.24) is 9.88 Å². The number of nitrogens with two attached hydrogens (primary N) is 1. The van der Waals surface area contributed by atoms with Crippen LogP contribution < -0.4 is 5.73 Å². The second-order valence-electron chi connectivity index (χ2n) is 5.11. The van der Waals surface area contributed by atoms with E-state index in [1.807, 2.05) is 12.3 Å². The molecule has 2 rings (SSSR count). The predicted molar refractivity (Wildman–Crippen MR) is 68.8 cm³/mol. The molecule has 17 heavy (non-hydrogen) atoms. The van der Waals surface area contributed by atoms with Gasteiger partial charge in [-0.1, -0.05) is 13.0 Å². The van der Waals surface area contributed by atoms with Crippen LogP contribution in [0, 0.1) is 10.8 Å². The van der Waals surface area contributed by atoms with Gasteiger partial charge in [-0.05, 0) is 37.6 Å². The Balaban J connectivity index is 1.90. The van der Waals surface area contributed by atoms with Gasteiger partial charge in [0.25, 0.3) is 0 Å². The van der Waals surface area contributed by atoms with Crippen LogP contribution in [0.5, 0.6) is 0 Å². The van der Waals surface area contributed by atoms with Crippen LogP contribution in [0.25, 0.3) is 0 Å². The van der Waals surface area contributed by atoms with E-state index in [-0.39, 0.29) is 5.41 Å². The zero-order valence-corrected chi connectivity index (χ0v) is 10.3. The standard InChI is InChI=1S/C13H20N4/c1-13(12(14)15)4-7-17(8-5-13)10-11-3-2-6-16-9-11/h2-3,6,9H,4-5,7-8,10H2,1H3,(H3,14,15). The number of amidine groups is 1. The van der Waals surface area contributed by atoms with Crippen LogP contribution in [0.1, 0.15) is 25.3 Å². The SMILES string of the molecule is CC1(C(=N)N)CCN(Cc2cccnc2)CC1. The van der Waals surface area contributed by atoms with Crippen molar-refractivity contribution in [3.05, 3.63) is 30.1 Å². The molecule has 3 N–H and O–H groups in total. The van der Waals surface area contributed by atoms with Crippen molar-refractivity contribution in [2.24, 2.45) is 11.1 Å². The highest BCUT2D eigenvalue weighted by Gasteiger charge is 2.32. The minimum absolute atomic E-state index is 0.0918. The first kappa shape index (κ1) is 12.0. The molecule has 1 saturated heterocycles. The number of likely N-dealkylation sites (tertiary alicyclic amines) is 1. The zero-order chi connectivity index (χ0) is 12.3. The summed E-state index contributed by atoms with van der Waals surface area (Å²) in [5.74, 6) is 0.332. The van der Waals surface area contributed by atoms with E-state index in [2.05, 4.69) is 22.9 Å². The van der Waals surface area contributed by atoms with Gasteiger partial charge >= 0.3 is 0 Å². The molecule has 0 atom stereocenters. The normalized spacial score (nSPS) is 20.1. The van der Waals surface area contributed by atoms with E-state index < -0.39 is 0 Å². The molecule has 4 nitrogen and oxygen atoms in total. The van der Waals surface area contributed by atoms with Gasteiger partial charge in [0.1, 0.15) is 0 Å². The summed E-state index contributed by atoms with van der Waals surface area (Å²) in [7, 11) is 0. The first-order valence-electron chi connectivity index (χ1n) is 6.06. The summed E-state index contributed by atoms with van der Waals surface area (Å²) >= 11 is 0. The monoisotopic (exact) mass is 232 g/mol. The highest BCUT2D eigenvalue weighted by atomic mass is 15.1. The molecule has 0 amide bonds. The fourth-order valence-corrected chi connectivity index (χ4v) is 2.22. The Bertz CT molecular complexity index is 380. The second kappa shape index (κ2) is 4.84. The molecule has 0 bridgehead atoms. The molecule has 4 heteroatoms. The topological polar surface area (TPSA) is 66.0 Å². The zero-order valence-electron chi connectivity index (χ0n) is 10.3. The molecule has 2 heterocycles. The van der Waals surface area contributed by atoms with Crippen LogP contribution >= 0.6 is 0 Å². The molecular formula is C13H20N4. The molecule has 1 aliphatic heterocycles. The van der Waals surface area contributed by atoms with Crippen molar-refractivity contribution < 1.29 is 0 Å². The number of pyridine rings is 1. The molecule has 0 radical (unpaired) electrons. The third kappa shape index (κ3) is 2.82. The van der Waals surface area contributed by atoms with Gasteiger partial charge in [0.15, 0.2) is 0 Å². The van der Waals surface area contributed by atoms with E-state index in [0.29, 0.717) is 5.84 Å². The maximum atomic E-state index is 7.62. The minimum atomic E-state index is -0.0918. The molecule has 0 saturated carbocycles. The smallest absolute Gasteiger partial charge is 0.0966 e. The summed E-state index contributed by atoms with van der Waals surface area (Å²) < 4.78 is 0. The molecule has 0 spiro atoms. The third-order valence-electron chi connectivity index (χ3n) is 3.74. The van der Waals surface area contributed by atoms with Crippen molar-refractivity contribution in [2.45, 2.75) is 26.3 Å². The number of nitrogens with zero attached hydrogens (tertiary/aromatic N) is 2. The van der Waals surface area contributed by atoms with E-state index in [9.17, 15) is 0 Å². The van der Waals surface area contributed by atoms with Crippen LogP contribution in [0.3, 0.4) is 0 Å². The molecule has 92 valence electrons. The Labute approximate surface area is 102 Å². The highest BCUT2D eigenvalue weighted by Crippen LogP contribution is 2.30. The number of hydrogen-bond acceptors (Lipinski definition) is 3. The fraction of sp³-hybridized carbons (Fsp3) is 0.538. The number of piperidine rings is 1. The van der Waals surface area contributed by atoms with Crippen LogP contribution in [0.15, 0.2) is 24.5 Å². The van der Waals surface area contributed by atoms with E-state index >= 15 is 0 Å². The molecule has 1 aromatic heterocycles. The number of hydrogen-bond donors (Lipinski definition) is 2. The minimum Gasteiger partial charge on any atom is -0.387 e. The summed E-state index contributed by atoms with van der Waals surface area (Å²) in [6, 6.07) is 4.07. The Morgan fingerprint density at radius 1 is 1.53 bits per heavy atom. The van der Waals surface area contributed by atoms with Gasteiger partial charge in [-0.15, -0.1) is 0 Å². The predicted octanol–water partition coefficient (Wildman–Crippen LogP) is 1.62. The van der Waals surface area contributed by atoms with Crippen LogP contribution in [-0.4, -0.2) is 28.8 Å². The summed E-state index contributed by atoms with van der Waals surface area (Å²) in [5.41, 5.74) is 6.81. The van der Waals surface area contributed by atoms with Gasteiger partial charge in [0.05, 0.1) is 5.84 Å². The average molecular weight is 232 g/mol. The van der Waals surface area contributed by atoms with Gasteiger partial charge < -0.3 is 5.73 Å². The maximum Gasteiger partial charge on any atom is 0.0966 e. The van der Waals surface area contributed by atoms with Crippen molar-refractivity contribution in [3.8, 4) is 0 Å². The largest absolute Gasteiger partial charge is 0.387 e. The first-order valence-corrected chi connectivity index (χ1v) is 6.06. The lowest BCUT2D eigenvalue weighted by Gasteiger charge is -2.38. The van der Waals surface area contributed by atoms with E-state index in [1.54, 1.807) is 6.20 Å². The van der Waals surface area contributed by atoms with Gasteiger partial charge in [0.2, 0.25) is 0 Å². The molecular weight excluding hydrogens is 212 g/mol. The second-order valence-corrected chi connectivity index (χ2v) is 5.11. The number of aromatic nitrogens is 1. The Hall–Kier alpha value is -1.42. The first-order chi connectivity index (χ1) is 8.10.